The van der Waals surface area contributed by atoms with Gasteiger partial charge < -0.3 is 10.6 Å². The Hall–Kier alpha value is -3.50. The van der Waals surface area contributed by atoms with Crippen LogP contribution in [-0.4, -0.2) is 47.4 Å². The maximum absolute atomic E-state index is 12.6. The topological polar surface area (TPSA) is 113 Å². The fraction of sp³-hybridized carbons (Fsp3) is 0.261. The Morgan fingerprint density at radius 3 is 2.45 bits per heavy atom. The fourth-order valence-corrected chi connectivity index (χ4v) is 5.16. The maximum Gasteiger partial charge on any atom is 0.251 e. The summed E-state index contributed by atoms with van der Waals surface area (Å²) in [6.45, 7) is 1.44. The number of aromatic nitrogens is 2. The van der Waals surface area contributed by atoms with Gasteiger partial charge in [0.1, 0.15) is 6.54 Å². The molecule has 1 saturated heterocycles. The van der Waals surface area contributed by atoms with E-state index in [2.05, 4.69) is 15.7 Å². The maximum atomic E-state index is 12.6. The Labute approximate surface area is 192 Å². The molecule has 1 aliphatic heterocycles. The third-order valence-corrected chi connectivity index (χ3v) is 7.26. The van der Waals surface area contributed by atoms with Crippen LogP contribution in [-0.2, 0) is 27.9 Å². The second kappa shape index (κ2) is 9.97. The average molecular weight is 468 g/mol. The predicted molar refractivity (Wildman–Crippen MR) is 123 cm³/mol. The summed E-state index contributed by atoms with van der Waals surface area (Å²) in [6.07, 6.45) is 5.06. The number of carbonyl (C=O) groups excluding carboxylic acids is 2. The van der Waals surface area contributed by atoms with Crippen LogP contribution in [0, 0.1) is 0 Å². The van der Waals surface area contributed by atoms with Crippen molar-refractivity contribution in [3.8, 4) is 0 Å². The van der Waals surface area contributed by atoms with Crippen molar-refractivity contribution < 1.29 is 18.0 Å². The van der Waals surface area contributed by atoms with E-state index in [9.17, 15) is 18.0 Å². The summed E-state index contributed by atoms with van der Waals surface area (Å²) in [5.41, 5.74) is 1.81. The van der Waals surface area contributed by atoms with Crippen molar-refractivity contribution in [3.05, 3.63) is 78.1 Å². The quantitative estimate of drug-likeness (QED) is 0.528. The minimum Gasteiger partial charge on any atom is -0.348 e. The van der Waals surface area contributed by atoms with Gasteiger partial charge in [-0.25, -0.2) is 8.42 Å². The summed E-state index contributed by atoms with van der Waals surface area (Å²) < 4.78 is 28.2. The molecule has 4 rings (SSSR count). The van der Waals surface area contributed by atoms with Crippen molar-refractivity contribution in [2.45, 2.75) is 30.8 Å². The number of sulfonamides is 1. The van der Waals surface area contributed by atoms with Crippen LogP contribution in [0.1, 0.15) is 28.8 Å². The number of anilines is 1. The number of nitrogens with zero attached hydrogens (tertiary/aromatic N) is 3. The minimum atomic E-state index is -3.51. The first-order valence-corrected chi connectivity index (χ1v) is 12.1. The first-order chi connectivity index (χ1) is 15.9. The Morgan fingerprint density at radius 1 is 1.00 bits per heavy atom. The van der Waals surface area contributed by atoms with Crippen LogP contribution in [0.25, 0.3) is 0 Å². The van der Waals surface area contributed by atoms with Crippen LogP contribution in [0.3, 0.4) is 0 Å². The Kier molecular flexibility index (Phi) is 6.85. The zero-order valence-corrected chi connectivity index (χ0v) is 18.8. The summed E-state index contributed by atoms with van der Waals surface area (Å²) in [5.74, 6) is -0.517. The van der Waals surface area contributed by atoms with Crippen LogP contribution in [0.2, 0.25) is 0 Å². The molecular formula is C23H25N5O4S. The first-order valence-electron chi connectivity index (χ1n) is 10.7. The van der Waals surface area contributed by atoms with Gasteiger partial charge >= 0.3 is 0 Å². The minimum absolute atomic E-state index is 0.109. The largest absolute Gasteiger partial charge is 0.348 e. The van der Waals surface area contributed by atoms with E-state index >= 15 is 0 Å². The second-order valence-electron chi connectivity index (χ2n) is 7.77. The van der Waals surface area contributed by atoms with Crippen molar-refractivity contribution in [2.24, 2.45) is 0 Å². The lowest BCUT2D eigenvalue weighted by Gasteiger charge is -2.15. The molecule has 1 aliphatic rings. The molecule has 1 aromatic heterocycles. The highest BCUT2D eigenvalue weighted by Gasteiger charge is 2.27. The molecule has 33 heavy (non-hydrogen) atoms. The van der Waals surface area contributed by atoms with Gasteiger partial charge in [-0.05, 0) is 60.9 Å². The molecule has 2 N–H and O–H groups in total. The van der Waals surface area contributed by atoms with Crippen molar-refractivity contribution >= 4 is 27.5 Å². The lowest BCUT2D eigenvalue weighted by atomic mass is 10.1. The second-order valence-corrected chi connectivity index (χ2v) is 9.71. The van der Waals surface area contributed by atoms with Gasteiger partial charge in [0.05, 0.1) is 4.90 Å². The van der Waals surface area contributed by atoms with E-state index < -0.39 is 10.0 Å². The van der Waals surface area contributed by atoms with Gasteiger partial charge in [-0.1, -0.05) is 12.1 Å². The standard InChI is InChI=1S/C23H25N5O4S/c29-22(17-27-12-4-11-25-27)26-20-6-3-5-18(15-20)16-24-23(30)19-7-9-21(10-8-19)33(31,32)28-13-1-2-14-28/h3-12,15H,1-2,13-14,16-17H2,(H,24,30)(H,26,29). The molecule has 2 heterocycles. The van der Waals surface area contributed by atoms with E-state index in [0.29, 0.717) is 24.3 Å². The number of carbonyl (C=O) groups is 2. The highest BCUT2D eigenvalue weighted by Crippen LogP contribution is 2.21. The lowest BCUT2D eigenvalue weighted by Crippen LogP contribution is -2.28. The number of rotatable bonds is 8. The van der Waals surface area contributed by atoms with Crippen LogP contribution >= 0.6 is 0 Å². The van der Waals surface area contributed by atoms with Crippen LogP contribution in [0.5, 0.6) is 0 Å². The molecular weight excluding hydrogens is 442 g/mol. The van der Waals surface area contributed by atoms with Crippen LogP contribution < -0.4 is 10.6 Å². The number of amides is 2. The zero-order chi connectivity index (χ0) is 23.3. The van der Waals surface area contributed by atoms with E-state index in [1.54, 1.807) is 36.7 Å². The summed E-state index contributed by atoms with van der Waals surface area (Å²) in [4.78, 5) is 24.9. The van der Waals surface area contributed by atoms with Gasteiger partial charge in [0.2, 0.25) is 15.9 Å². The molecule has 0 bridgehead atoms. The highest BCUT2D eigenvalue weighted by molar-refractivity contribution is 7.89. The van der Waals surface area contributed by atoms with E-state index in [-0.39, 0.29) is 29.8 Å². The summed E-state index contributed by atoms with van der Waals surface area (Å²) in [6, 6.07) is 14.9. The summed E-state index contributed by atoms with van der Waals surface area (Å²) in [7, 11) is -3.51. The SMILES string of the molecule is O=C(Cn1cccn1)Nc1cccc(CNC(=O)c2ccc(S(=O)(=O)N3CCCC3)cc2)c1. The number of benzene rings is 2. The number of hydrogen-bond donors (Lipinski definition) is 2. The fourth-order valence-electron chi connectivity index (χ4n) is 3.64. The monoisotopic (exact) mass is 467 g/mol. The summed E-state index contributed by atoms with van der Waals surface area (Å²) in [5, 5.41) is 9.63. The smallest absolute Gasteiger partial charge is 0.251 e. The van der Waals surface area contributed by atoms with E-state index in [4.69, 9.17) is 0 Å². The van der Waals surface area contributed by atoms with Crippen molar-refractivity contribution in [3.63, 3.8) is 0 Å². The Balaban J connectivity index is 1.33. The Bertz CT molecular complexity index is 1220. The lowest BCUT2D eigenvalue weighted by molar-refractivity contribution is -0.116. The van der Waals surface area contributed by atoms with Crippen molar-refractivity contribution in [1.29, 1.82) is 0 Å². The van der Waals surface area contributed by atoms with Crippen molar-refractivity contribution in [1.82, 2.24) is 19.4 Å². The predicted octanol–water partition coefficient (Wildman–Crippen LogP) is 2.24. The molecule has 0 aliphatic carbocycles. The summed E-state index contributed by atoms with van der Waals surface area (Å²) >= 11 is 0. The van der Waals surface area contributed by atoms with Crippen molar-refractivity contribution in [2.75, 3.05) is 18.4 Å². The third-order valence-electron chi connectivity index (χ3n) is 5.35. The van der Waals surface area contributed by atoms with E-state index in [0.717, 1.165) is 18.4 Å². The molecule has 0 radical (unpaired) electrons. The molecule has 2 aromatic carbocycles. The first kappa shape index (κ1) is 22.7. The molecule has 9 nitrogen and oxygen atoms in total. The molecule has 0 atom stereocenters. The zero-order valence-electron chi connectivity index (χ0n) is 18.0. The number of nitrogens with one attached hydrogen (secondary N) is 2. The molecule has 0 saturated carbocycles. The molecule has 2 amide bonds. The molecule has 3 aromatic rings. The normalized spacial score (nSPS) is 14.2. The highest BCUT2D eigenvalue weighted by atomic mass is 32.2. The van der Waals surface area contributed by atoms with Gasteiger partial charge in [0, 0.05) is 43.3 Å². The van der Waals surface area contributed by atoms with Gasteiger partial charge in [-0.15, -0.1) is 0 Å². The van der Waals surface area contributed by atoms with Gasteiger partial charge in [0.15, 0.2) is 0 Å². The van der Waals surface area contributed by atoms with E-state index in [1.807, 2.05) is 6.07 Å². The Morgan fingerprint density at radius 2 is 1.76 bits per heavy atom. The van der Waals surface area contributed by atoms with Crippen LogP contribution in [0.15, 0.2) is 71.9 Å². The van der Waals surface area contributed by atoms with Gasteiger partial charge in [-0.3, -0.25) is 14.3 Å². The third kappa shape index (κ3) is 5.65. The van der Waals surface area contributed by atoms with Gasteiger partial charge in [-0.2, -0.15) is 9.40 Å². The van der Waals surface area contributed by atoms with Crippen LogP contribution in [0.4, 0.5) is 5.69 Å². The molecule has 0 unspecified atom stereocenters. The average Bonchev–Trinajstić information content (AvgIpc) is 3.52. The van der Waals surface area contributed by atoms with Gasteiger partial charge in [0.25, 0.3) is 5.91 Å². The van der Waals surface area contributed by atoms with E-state index in [1.165, 1.54) is 33.3 Å². The number of hydrogen-bond acceptors (Lipinski definition) is 5. The molecule has 172 valence electrons. The molecule has 1 fully saturated rings. The molecule has 10 heteroatoms. The molecule has 0 spiro atoms.